The predicted molar refractivity (Wildman–Crippen MR) is 213 cm³/mol. The summed E-state index contributed by atoms with van der Waals surface area (Å²) in [5.41, 5.74) is 1.02. The van der Waals surface area contributed by atoms with Crippen LogP contribution in [0.2, 0.25) is 0 Å². The lowest BCUT2D eigenvalue weighted by Gasteiger charge is -2.35. The van der Waals surface area contributed by atoms with E-state index in [4.69, 9.17) is 9.98 Å². The molecule has 53 heavy (non-hydrogen) atoms. The van der Waals surface area contributed by atoms with Gasteiger partial charge in [0.05, 0.1) is 23.5 Å². The molecular formula is C43H60N6O4. The zero-order valence-electron chi connectivity index (χ0n) is 33.4. The lowest BCUT2D eigenvalue weighted by atomic mass is 9.83. The highest BCUT2D eigenvalue weighted by atomic mass is 16.3. The summed E-state index contributed by atoms with van der Waals surface area (Å²) in [4.78, 5) is 39.5. The second kappa shape index (κ2) is 14.2. The summed E-state index contributed by atoms with van der Waals surface area (Å²) < 4.78 is 0. The summed E-state index contributed by atoms with van der Waals surface area (Å²) in [5, 5.41) is 31.4. The van der Waals surface area contributed by atoms with Crippen LogP contribution in [-0.4, -0.2) is 62.5 Å². The summed E-state index contributed by atoms with van der Waals surface area (Å²) in [5.74, 6) is -0.115. The summed E-state index contributed by atoms with van der Waals surface area (Å²) >= 11 is 0. The number of hydrogen-bond donors (Lipinski definition) is 6. The maximum Gasteiger partial charge on any atom is 0.252 e. The molecule has 2 aliphatic rings. The van der Waals surface area contributed by atoms with Crippen LogP contribution in [0.25, 0.3) is 28.1 Å². The molecule has 2 aromatic carbocycles. The van der Waals surface area contributed by atoms with Gasteiger partial charge >= 0.3 is 0 Å². The molecule has 0 spiro atoms. The Labute approximate surface area is 315 Å². The van der Waals surface area contributed by atoms with Crippen LogP contribution in [-0.2, 0) is 9.59 Å². The quantitative estimate of drug-likeness (QED) is 0.103. The van der Waals surface area contributed by atoms with Crippen LogP contribution in [0.15, 0.2) is 65.9 Å². The number of imidazole rings is 1. The van der Waals surface area contributed by atoms with E-state index in [0.29, 0.717) is 11.5 Å². The van der Waals surface area contributed by atoms with Gasteiger partial charge in [0.15, 0.2) is 0 Å². The van der Waals surface area contributed by atoms with Crippen molar-refractivity contribution >= 4 is 23.7 Å². The third-order valence-corrected chi connectivity index (χ3v) is 11.8. The van der Waals surface area contributed by atoms with Crippen LogP contribution in [0, 0.1) is 21.7 Å². The zero-order chi connectivity index (χ0) is 39.2. The van der Waals surface area contributed by atoms with Gasteiger partial charge in [0.1, 0.15) is 17.0 Å². The average molecular weight is 725 g/mol. The number of carbonyl (C=O) groups excluding carboxylic acids is 2. The van der Waals surface area contributed by atoms with Crippen LogP contribution < -0.4 is 16.0 Å². The molecule has 0 bridgehead atoms. The highest BCUT2D eigenvalue weighted by Crippen LogP contribution is 2.54. The number of rotatable bonds is 13. The number of amides is 2. The van der Waals surface area contributed by atoms with Crippen molar-refractivity contribution in [3.8, 4) is 22.4 Å². The maximum absolute atomic E-state index is 13.3. The Morgan fingerprint density at radius 2 is 1.25 bits per heavy atom. The van der Waals surface area contributed by atoms with Crippen LogP contribution in [0.5, 0.6) is 0 Å². The van der Waals surface area contributed by atoms with Gasteiger partial charge < -0.3 is 31.1 Å². The molecule has 2 aliphatic carbocycles. The van der Waals surface area contributed by atoms with Gasteiger partial charge in [-0.3, -0.25) is 14.6 Å². The number of nitrogens with one attached hydrogen (secondary N) is 4. The number of nitrogens with zero attached hydrogens (tertiary/aromatic N) is 2. The SMILES string of the molecule is CN/C=C(\N=C\C(NC(=O)C(C)(O)C1(C)CC1)C(C)(C)C)c1ccc(-c2ccc(-c3c[nH]c([C@@H](NC(=O)C(C)(O)C4(C)CC4)C(C)(C)C)n3)cc2)cc1. The molecule has 4 atom stereocenters. The monoisotopic (exact) mass is 724 g/mol. The lowest BCUT2D eigenvalue weighted by molar-refractivity contribution is -0.146. The van der Waals surface area contributed by atoms with Crippen LogP contribution in [0.3, 0.4) is 0 Å². The first-order valence-corrected chi connectivity index (χ1v) is 18.8. The maximum atomic E-state index is 13.3. The molecule has 5 rings (SSSR count). The lowest BCUT2D eigenvalue weighted by Crippen LogP contribution is -2.56. The number of aromatic amines is 1. The molecule has 10 nitrogen and oxygen atoms in total. The Balaban J connectivity index is 1.29. The fraction of sp³-hybridized carbons (Fsp3) is 0.535. The van der Waals surface area contributed by atoms with E-state index in [-0.39, 0.29) is 22.6 Å². The van der Waals surface area contributed by atoms with E-state index in [0.717, 1.165) is 53.6 Å². The Hall–Kier alpha value is -4.28. The van der Waals surface area contributed by atoms with Crippen LogP contribution >= 0.6 is 0 Å². The Morgan fingerprint density at radius 1 is 0.774 bits per heavy atom. The topological polar surface area (TPSA) is 152 Å². The normalized spacial score (nSPS) is 20.1. The Bertz CT molecular complexity index is 1850. The highest BCUT2D eigenvalue weighted by Gasteiger charge is 2.58. The van der Waals surface area contributed by atoms with Gasteiger partial charge in [-0.15, -0.1) is 0 Å². The molecule has 2 fully saturated rings. The minimum Gasteiger partial charge on any atom is -0.392 e. The minimum absolute atomic E-state index is 0.335. The molecule has 10 heteroatoms. The van der Waals surface area contributed by atoms with Gasteiger partial charge in [-0.2, -0.15) is 0 Å². The van der Waals surface area contributed by atoms with E-state index < -0.39 is 34.1 Å². The van der Waals surface area contributed by atoms with E-state index in [1.165, 1.54) is 0 Å². The smallest absolute Gasteiger partial charge is 0.252 e. The summed E-state index contributed by atoms with van der Waals surface area (Å²) in [6.07, 6.45) is 8.75. The van der Waals surface area contributed by atoms with E-state index in [9.17, 15) is 19.8 Å². The molecule has 286 valence electrons. The number of hydrogen-bond acceptors (Lipinski definition) is 7. The average Bonchev–Trinajstić information content (AvgIpc) is 3.99. The predicted octanol–water partition coefficient (Wildman–Crippen LogP) is 7.17. The number of benzene rings is 2. The van der Waals surface area contributed by atoms with Crippen molar-refractivity contribution in [3.63, 3.8) is 0 Å². The number of aromatic nitrogens is 2. The van der Waals surface area contributed by atoms with Crippen molar-refractivity contribution in [2.24, 2.45) is 26.7 Å². The summed E-state index contributed by atoms with van der Waals surface area (Å²) in [6, 6.07) is 15.5. The zero-order valence-corrected chi connectivity index (χ0v) is 33.4. The molecule has 3 aromatic rings. The van der Waals surface area contributed by atoms with Crippen molar-refractivity contribution in [1.82, 2.24) is 25.9 Å². The van der Waals surface area contributed by atoms with Gasteiger partial charge in [0, 0.05) is 47.6 Å². The first-order chi connectivity index (χ1) is 24.5. The standard InChI is InChI=1S/C43H60N6O4/c1-38(2,3)33(48-36(50)42(9,52)40(7)20-21-40)26-45-31(24-44-11)29-16-12-27(13-17-29)28-14-18-30(19-15-28)32-25-46-35(47-32)34(39(4,5)6)49-37(51)43(10,53)41(8)22-23-41/h12-19,24-26,33-34,44,52-53H,20-23H2,1-11H3,(H,46,47)(H,48,50)(H,49,51)/b31-24-,45-26+/t33?,34-,42?,43?/m1/s1. The minimum atomic E-state index is -1.45. The Morgan fingerprint density at radius 3 is 1.70 bits per heavy atom. The highest BCUT2D eigenvalue weighted by molar-refractivity contribution is 5.90. The van der Waals surface area contributed by atoms with Gasteiger partial charge in [-0.25, -0.2) is 4.98 Å². The number of carbonyl (C=O) groups is 2. The molecule has 3 unspecified atom stereocenters. The molecule has 0 aliphatic heterocycles. The van der Waals surface area contributed by atoms with Gasteiger partial charge in [-0.1, -0.05) is 104 Å². The second-order valence-electron chi connectivity index (χ2n) is 18.3. The van der Waals surface area contributed by atoms with E-state index in [2.05, 4.69) is 45.2 Å². The Kier molecular flexibility index (Phi) is 10.7. The van der Waals surface area contributed by atoms with Gasteiger partial charge in [0.25, 0.3) is 11.8 Å². The van der Waals surface area contributed by atoms with Gasteiger partial charge in [0.2, 0.25) is 0 Å². The van der Waals surface area contributed by atoms with E-state index in [1.807, 2.05) is 99.1 Å². The fourth-order valence-corrected chi connectivity index (χ4v) is 6.41. The van der Waals surface area contributed by atoms with E-state index >= 15 is 0 Å². The number of H-pyrrole nitrogens is 1. The van der Waals surface area contributed by atoms with Crippen LogP contribution in [0.4, 0.5) is 0 Å². The molecule has 6 N–H and O–H groups in total. The molecule has 0 radical (unpaired) electrons. The summed E-state index contributed by atoms with van der Waals surface area (Å²) in [7, 11) is 1.82. The van der Waals surface area contributed by atoms with E-state index in [1.54, 1.807) is 20.1 Å². The van der Waals surface area contributed by atoms with Crippen molar-refractivity contribution in [3.05, 3.63) is 72.3 Å². The van der Waals surface area contributed by atoms with Crippen molar-refractivity contribution < 1.29 is 19.8 Å². The molecule has 2 saturated carbocycles. The molecule has 0 saturated heterocycles. The summed E-state index contributed by atoms with van der Waals surface area (Å²) in [6.45, 7) is 19.4. The van der Waals surface area contributed by atoms with Crippen molar-refractivity contribution in [2.75, 3.05) is 7.05 Å². The van der Waals surface area contributed by atoms with Crippen molar-refractivity contribution in [1.29, 1.82) is 0 Å². The molecule has 1 aromatic heterocycles. The van der Waals surface area contributed by atoms with Gasteiger partial charge in [-0.05, 0) is 61.5 Å². The number of aliphatic hydroxyl groups is 2. The first-order valence-electron chi connectivity index (χ1n) is 18.8. The first kappa shape index (κ1) is 39.9. The molecule has 1 heterocycles. The third-order valence-electron chi connectivity index (χ3n) is 11.8. The largest absolute Gasteiger partial charge is 0.392 e. The molecular weight excluding hydrogens is 665 g/mol. The van der Waals surface area contributed by atoms with Crippen molar-refractivity contribution in [2.45, 2.75) is 118 Å². The fourth-order valence-electron chi connectivity index (χ4n) is 6.41. The molecule has 2 amide bonds. The second-order valence-corrected chi connectivity index (χ2v) is 18.3. The third kappa shape index (κ3) is 8.44. The van der Waals surface area contributed by atoms with Crippen LogP contribution in [0.1, 0.15) is 112 Å². The number of aliphatic imine (C=N–C) groups is 1.